The van der Waals surface area contributed by atoms with Crippen molar-refractivity contribution in [2.45, 2.75) is 13.3 Å². The van der Waals surface area contributed by atoms with Crippen molar-refractivity contribution >= 4 is 5.78 Å². The first-order valence-corrected chi connectivity index (χ1v) is 3.44. The maximum Gasteiger partial charge on any atom is 0.201 e. The van der Waals surface area contributed by atoms with Crippen LogP contribution in [-0.4, -0.2) is 5.78 Å². The van der Waals surface area contributed by atoms with Crippen LogP contribution in [0.3, 0.4) is 0 Å². The predicted molar refractivity (Wildman–Crippen MR) is 42.6 cm³/mol. The van der Waals surface area contributed by atoms with Crippen molar-refractivity contribution in [1.82, 2.24) is 0 Å². The molecule has 0 unspecified atom stereocenters. The highest BCUT2D eigenvalue weighted by Gasteiger charge is 2.09. The fourth-order valence-electron chi connectivity index (χ4n) is 0.882. The minimum Gasteiger partial charge on any atom is -0.461 e. The Morgan fingerprint density at radius 2 is 2.55 bits per heavy atom. The first-order chi connectivity index (χ1) is 5.25. The number of furan rings is 1. The van der Waals surface area contributed by atoms with Crippen molar-refractivity contribution in [1.29, 1.82) is 0 Å². The molecule has 0 aliphatic heterocycles. The summed E-state index contributed by atoms with van der Waals surface area (Å²) in [4.78, 5) is 11.2. The Bertz CT molecular complexity index is 271. The molecule has 0 spiro atoms. The number of allylic oxidation sites excluding steroid dienone is 1. The first kappa shape index (κ1) is 7.79. The molecular formula is C9H10O2. The van der Waals surface area contributed by atoms with Crippen LogP contribution in [0.25, 0.3) is 0 Å². The summed E-state index contributed by atoms with van der Waals surface area (Å²) in [6.07, 6.45) is 3.43. The largest absolute Gasteiger partial charge is 0.461 e. The Hall–Kier alpha value is -1.31. The van der Waals surface area contributed by atoms with E-state index < -0.39 is 0 Å². The number of carbonyl (C=O) groups is 1. The summed E-state index contributed by atoms with van der Waals surface area (Å²) in [5.41, 5.74) is 0.886. The van der Waals surface area contributed by atoms with Gasteiger partial charge in [0.2, 0.25) is 5.78 Å². The lowest BCUT2D eigenvalue weighted by Gasteiger charge is -1.92. The molecule has 1 aromatic rings. The van der Waals surface area contributed by atoms with Crippen molar-refractivity contribution in [3.8, 4) is 0 Å². The fraction of sp³-hybridized carbons (Fsp3) is 0.222. The normalized spacial score (nSPS) is 9.55. The van der Waals surface area contributed by atoms with Gasteiger partial charge in [-0.05, 0) is 18.6 Å². The van der Waals surface area contributed by atoms with Gasteiger partial charge in [0.25, 0.3) is 0 Å². The number of ketones is 1. The van der Waals surface area contributed by atoms with Crippen LogP contribution in [-0.2, 0) is 0 Å². The van der Waals surface area contributed by atoms with Gasteiger partial charge in [0.1, 0.15) is 0 Å². The van der Waals surface area contributed by atoms with E-state index in [4.69, 9.17) is 4.42 Å². The predicted octanol–water partition coefficient (Wildman–Crippen LogP) is 2.35. The van der Waals surface area contributed by atoms with Gasteiger partial charge in [-0.15, -0.1) is 6.58 Å². The maximum atomic E-state index is 11.2. The van der Waals surface area contributed by atoms with E-state index in [1.807, 2.05) is 6.92 Å². The molecule has 1 heterocycles. The van der Waals surface area contributed by atoms with E-state index in [2.05, 4.69) is 6.58 Å². The van der Waals surface area contributed by atoms with E-state index in [9.17, 15) is 4.79 Å². The van der Waals surface area contributed by atoms with Gasteiger partial charge in [-0.2, -0.15) is 0 Å². The molecule has 0 saturated carbocycles. The highest BCUT2D eigenvalue weighted by atomic mass is 16.3. The first-order valence-electron chi connectivity index (χ1n) is 3.44. The van der Waals surface area contributed by atoms with E-state index in [0.29, 0.717) is 12.2 Å². The quantitative estimate of drug-likeness (QED) is 0.489. The molecule has 2 heteroatoms. The molecule has 11 heavy (non-hydrogen) atoms. The molecule has 0 N–H and O–H groups in total. The molecule has 0 fully saturated rings. The summed E-state index contributed by atoms with van der Waals surface area (Å²) in [6, 6.07) is 1.77. The zero-order valence-electron chi connectivity index (χ0n) is 6.46. The zero-order valence-corrected chi connectivity index (χ0v) is 6.46. The van der Waals surface area contributed by atoms with Gasteiger partial charge in [0.15, 0.2) is 5.76 Å². The van der Waals surface area contributed by atoms with E-state index in [1.54, 1.807) is 12.1 Å². The van der Waals surface area contributed by atoms with Crippen LogP contribution < -0.4 is 0 Å². The van der Waals surface area contributed by atoms with Crippen LogP contribution in [0.5, 0.6) is 0 Å². The third-order valence-corrected chi connectivity index (χ3v) is 1.45. The lowest BCUT2D eigenvalue weighted by atomic mass is 10.1. The summed E-state index contributed by atoms with van der Waals surface area (Å²) in [7, 11) is 0. The molecule has 58 valence electrons. The molecule has 0 bridgehead atoms. The van der Waals surface area contributed by atoms with Gasteiger partial charge >= 0.3 is 0 Å². The lowest BCUT2D eigenvalue weighted by Crippen LogP contribution is -1.96. The number of rotatable bonds is 3. The molecule has 2 nitrogen and oxygen atoms in total. The Morgan fingerprint density at radius 3 is 3.00 bits per heavy atom. The number of hydrogen-bond donors (Lipinski definition) is 0. The second kappa shape index (κ2) is 3.19. The number of carbonyl (C=O) groups excluding carboxylic acids is 1. The highest BCUT2D eigenvalue weighted by molar-refractivity contribution is 5.95. The summed E-state index contributed by atoms with van der Waals surface area (Å²) in [6.45, 7) is 5.32. The Morgan fingerprint density at radius 1 is 1.82 bits per heavy atom. The van der Waals surface area contributed by atoms with E-state index in [0.717, 1.165) is 5.56 Å². The molecule has 0 atom stereocenters. The molecule has 0 radical (unpaired) electrons. The van der Waals surface area contributed by atoms with Crippen LogP contribution in [0, 0.1) is 6.92 Å². The molecule has 0 aromatic carbocycles. The topological polar surface area (TPSA) is 30.2 Å². The minimum absolute atomic E-state index is 0.0116. The SMILES string of the molecule is C=CCC(=O)c1occc1C. The van der Waals surface area contributed by atoms with Gasteiger partial charge in [-0.3, -0.25) is 4.79 Å². The van der Waals surface area contributed by atoms with Gasteiger partial charge in [0, 0.05) is 6.42 Å². The Labute approximate surface area is 65.5 Å². The van der Waals surface area contributed by atoms with Crippen molar-refractivity contribution < 1.29 is 9.21 Å². The number of hydrogen-bond acceptors (Lipinski definition) is 2. The van der Waals surface area contributed by atoms with Gasteiger partial charge in [0.05, 0.1) is 6.26 Å². The van der Waals surface area contributed by atoms with E-state index in [-0.39, 0.29) is 5.78 Å². The highest BCUT2D eigenvalue weighted by Crippen LogP contribution is 2.10. The second-order valence-electron chi connectivity index (χ2n) is 2.35. The van der Waals surface area contributed by atoms with Gasteiger partial charge in [-0.25, -0.2) is 0 Å². The summed E-state index contributed by atoms with van der Waals surface area (Å²) >= 11 is 0. The monoisotopic (exact) mass is 150 g/mol. The van der Waals surface area contributed by atoms with Crippen LogP contribution in [0.4, 0.5) is 0 Å². The van der Waals surface area contributed by atoms with Crippen LogP contribution in [0.15, 0.2) is 29.4 Å². The molecular weight excluding hydrogens is 140 g/mol. The van der Waals surface area contributed by atoms with Crippen molar-refractivity contribution in [3.63, 3.8) is 0 Å². The lowest BCUT2D eigenvalue weighted by molar-refractivity contribution is 0.0968. The molecule has 0 aliphatic rings. The Balaban J connectivity index is 2.83. The fourth-order valence-corrected chi connectivity index (χ4v) is 0.882. The second-order valence-corrected chi connectivity index (χ2v) is 2.35. The van der Waals surface area contributed by atoms with Crippen LogP contribution >= 0.6 is 0 Å². The molecule has 0 aliphatic carbocycles. The van der Waals surface area contributed by atoms with Crippen LogP contribution in [0.2, 0.25) is 0 Å². The maximum absolute atomic E-state index is 11.2. The van der Waals surface area contributed by atoms with Crippen LogP contribution in [0.1, 0.15) is 22.5 Å². The summed E-state index contributed by atoms with van der Waals surface area (Å²) in [5.74, 6) is 0.437. The molecule has 0 saturated heterocycles. The summed E-state index contributed by atoms with van der Waals surface area (Å²) < 4.78 is 4.98. The smallest absolute Gasteiger partial charge is 0.201 e. The molecule has 0 amide bonds. The zero-order chi connectivity index (χ0) is 8.27. The number of aryl methyl sites for hydroxylation is 1. The molecule has 1 aromatic heterocycles. The average molecular weight is 150 g/mol. The Kier molecular flexibility index (Phi) is 2.26. The standard InChI is InChI=1S/C9H10O2/c1-3-4-8(10)9-7(2)5-6-11-9/h3,5-6H,1,4H2,2H3. The van der Waals surface area contributed by atoms with Gasteiger partial charge in [-0.1, -0.05) is 6.08 Å². The van der Waals surface area contributed by atoms with Gasteiger partial charge < -0.3 is 4.42 Å². The van der Waals surface area contributed by atoms with E-state index >= 15 is 0 Å². The number of Topliss-reactive ketones (excluding diaryl/α,β-unsaturated/α-hetero) is 1. The average Bonchev–Trinajstić information content (AvgIpc) is 2.36. The third-order valence-electron chi connectivity index (χ3n) is 1.45. The van der Waals surface area contributed by atoms with Crippen molar-refractivity contribution in [2.24, 2.45) is 0 Å². The minimum atomic E-state index is -0.0116. The molecule has 1 rings (SSSR count). The van der Waals surface area contributed by atoms with Crippen molar-refractivity contribution in [3.05, 3.63) is 36.3 Å². The van der Waals surface area contributed by atoms with Crippen molar-refractivity contribution in [2.75, 3.05) is 0 Å². The third kappa shape index (κ3) is 1.58. The summed E-state index contributed by atoms with van der Waals surface area (Å²) in [5, 5.41) is 0. The van der Waals surface area contributed by atoms with E-state index in [1.165, 1.54) is 6.26 Å².